The molecule has 0 heterocycles. The smallest absolute Gasteiger partial charge is 0.0112 e. The molecule has 4 aromatic carbocycles. The van der Waals surface area contributed by atoms with Crippen LogP contribution in [0.15, 0.2) is 140 Å². The fourth-order valence-electron chi connectivity index (χ4n) is 3.03. The molecule has 0 aliphatic carbocycles. The van der Waals surface area contributed by atoms with E-state index in [2.05, 4.69) is 91.5 Å². The topological polar surface area (TPSA) is 0 Å². The van der Waals surface area contributed by atoms with E-state index < -0.39 is 0 Å². The molecular formula is C30H26. The molecule has 0 aliphatic heterocycles. The molecule has 0 saturated heterocycles. The number of rotatable bonds is 5. The molecule has 4 aromatic rings. The highest BCUT2D eigenvalue weighted by atomic mass is 14.1. The Morgan fingerprint density at radius 3 is 1.13 bits per heavy atom. The van der Waals surface area contributed by atoms with Crippen LogP contribution in [0.3, 0.4) is 0 Å². The fourth-order valence-corrected chi connectivity index (χ4v) is 3.03. The van der Waals surface area contributed by atoms with E-state index in [1.54, 1.807) is 0 Å². The van der Waals surface area contributed by atoms with Crippen LogP contribution in [0.2, 0.25) is 0 Å². The Labute approximate surface area is 180 Å². The van der Waals surface area contributed by atoms with Crippen molar-refractivity contribution < 1.29 is 0 Å². The van der Waals surface area contributed by atoms with Crippen molar-refractivity contribution in [2.45, 2.75) is 0 Å². The summed E-state index contributed by atoms with van der Waals surface area (Å²) in [6, 6.07) is 41.3. The first-order valence-corrected chi connectivity index (χ1v) is 10.1. The molecule has 0 aromatic heterocycles. The van der Waals surface area contributed by atoms with Crippen molar-refractivity contribution in [3.8, 4) is 0 Å². The lowest BCUT2D eigenvalue weighted by atomic mass is 9.98. The van der Waals surface area contributed by atoms with E-state index in [0.717, 1.165) is 0 Å². The molecule has 0 atom stereocenters. The molecule has 0 radical (unpaired) electrons. The van der Waals surface area contributed by atoms with Gasteiger partial charge in [0, 0.05) is 0 Å². The molecule has 0 nitrogen and oxygen atoms in total. The van der Waals surface area contributed by atoms with Crippen molar-refractivity contribution in [1.29, 1.82) is 0 Å². The Morgan fingerprint density at radius 2 is 0.800 bits per heavy atom. The van der Waals surface area contributed by atoms with Gasteiger partial charge in [0.15, 0.2) is 0 Å². The summed E-state index contributed by atoms with van der Waals surface area (Å²) in [6.07, 6.45) is 8.12. The van der Waals surface area contributed by atoms with E-state index in [0.29, 0.717) is 0 Å². The van der Waals surface area contributed by atoms with Crippen molar-refractivity contribution in [3.05, 3.63) is 162 Å². The molecule has 4 rings (SSSR count). The molecular weight excluding hydrogens is 360 g/mol. The monoisotopic (exact) mass is 386 g/mol. The van der Waals surface area contributed by atoms with Crippen molar-refractivity contribution in [2.24, 2.45) is 0 Å². The molecule has 0 fully saturated rings. The molecule has 0 heteroatoms. The molecule has 0 amide bonds. The number of hydrogen-bond donors (Lipinski definition) is 0. The maximum absolute atomic E-state index is 3.78. The Balaban J connectivity index is 0.000000172. The van der Waals surface area contributed by atoms with E-state index in [-0.39, 0.29) is 0 Å². The average molecular weight is 387 g/mol. The largest absolute Gasteiger partial charge is 0.0990 e. The van der Waals surface area contributed by atoms with Gasteiger partial charge >= 0.3 is 0 Å². The third-order valence-electron chi connectivity index (χ3n) is 4.52. The lowest BCUT2D eigenvalue weighted by molar-refractivity contribution is 1.55. The third-order valence-corrected chi connectivity index (χ3v) is 4.52. The van der Waals surface area contributed by atoms with E-state index in [1.807, 2.05) is 60.7 Å². The molecule has 0 unspecified atom stereocenters. The van der Waals surface area contributed by atoms with Crippen LogP contribution in [-0.4, -0.2) is 0 Å². The van der Waals surface area contributed by atoms with Crippen LogP contribution in [-0.2, 0) is 0 Å². The quantitative estimate of drug-likeness (QED) is 0.240. The highest BCUT2D eigenvalue weighted by Crippen LogP contribution is 2.22. The maximum Gasteiger partial charge on any atom is -0.0112 e. The molecule has 146 valence electrons. The lowest BCUT2D eigenvalue weighted by Crippen LogP contribution is -1.86. The minimum absolute atomic E-state index is 1.20. The number of allylic oxidation sites excluding steroid dienone is 2. The summed E-state index contributed by atoms with van der Waals surface area (Å²) in [4.78, 5) is 0. The maximum atomic E-state index is 3.78. The first-order chi connectivity index (χ1) is 14.9. The molecule has 0 aliphatic rings. The SMILES string of the molecule is C(=Cc1ccccc1)c1ccccc1.C=CC=C(c1ccccc1)c1ccccc1. The van der Waals surface area contributed by atoms with Crippen LogP contribution in [0.1, 0.15) is 22.3 Å². The van der Waals surface area contributed by atoms with Gasteiger partial charge in [0.2, 0.25) is 0 Å². The second kappa shape index (κ2) is 11.8. The van der Waals surface area contributed by atoms with Gasteiger partial charge in [-0.15, -0.1) is 0 Å². The van der Waals surface area contributed by atoms with Gasteiger partial charge in [-0.3, -0.25) is 0 Å². The highest BCUT2D eigenvalue weighted by Gasteiger charge is 2.01. The summed E-state index contributed by atoms with van der Waals surface area (Å²) in [7, 11) is 0. The zero-order chi connectivity index (χ0) is 20.9. The normalized spacial score (nSPS) is 10.0. The van der Waals surface area contributed by atoms with Crippen LogP contribution < -0.4 is 0 Å². The number of hydrogen-bond acceptors (Lipinski definition) is 0. The van der Waals surface area contributed by atoms with Gasteiger partial charge in [-0.2, -0.15) is 0 Å². The second-order valence-corrected chi connectivity index (χ2v) is 6.70. The fraction of sp³-hybridized carbons (Fsp3) is 0. The molecule has 0 bridgehead atoms. The molecule has 0 spiro atoms. The Bertz CT molecular complexity index is 975. The van der Waals surface area contributed by atoms with Gasteiger partial charge in [-0.25, -0.2) is 0 Å². The van der Waals surface area contributed by atoms with Crippen LogP contribution in [0.25, 0.3) is 17.7 Å². The van der Waals surface area contributed by atoms with Crippen LogP contribution in [0.5, 0.6) is 0 Å². The predicted molar refractivity (Wildman–Crippen MR) is 132 cm³/mol. The summed E-state index contributed by atoms with van der Waals surface area (Å²) in [5.74, 6) is 0. The highest BCUT2D eigenvalue weighted by molar-refractivity contribution is 5.80. The lowest BCUT2D eigenvalue weighted by Gasteiger charge is -2.07. The Morgan fingerprint density at radius 1 is 0.467 bits per heavy atom. The zero-order valence-corrected chi connectivity index (χ0v) is 17.1. The van der Waals surface area contributed by atoms with Crippen LogP contribution >= 0.6 is 0 Å². The average Bonchev–Trinajstić information content (AvgIpc) is 2.84. The van der Waals surface area contributed by atoms with Crippen molar-refractivity contribution in [2.75, 3.05) is 0 Å². The first-order valence-electron chi connectivity index (χ1n) is 10.1. The van der Waals surface area contributed by atoms with E-state index in [1.165, 1.54) is 27.8 Å². The molecule has 30 heavy (non-hydrogen) atoms. The van der Waals surface area contributed by atoms with Crippen LogP contribution in [0, 0.1) is 0 Å². The number of benzene rings is 4. The Hall–Kier alpha value is -3.90. The van der Waals surface area contributed by atoms with Gasteiger partial charge < -0.3 is 0 Å². The predicted octanol–water partition coefficient (Wildman–Crippen LogP) is 8.16. The van der Waals surface area contributed by atoms with Gasteiger partial charge in [0.1, 0.15) is 0 Å². The van der Waals surface area contributed by atoms with E-state index in [4.69, 9.17) is 0 Å². The van der Waals surface area contributed by atoms with Gasteiger partial charge in [0.05, 0.1) is 0 Å². The van der Waals surface area contributed by atoms with Gasteiger partial charge in [-0.1, -0.05) is 152 Å². The van der Waals surface area contributed by atoms with E-state index >= 15 is 0 Å². The summed E-state index contributed by atoms with van der Waals surface area (Å²) in [5.41, 5.74) is 6.10. The zero-order valence-electron chi connectivity index (χ0n) is 17.1. The molecule has 0 saturated carbocycles. The minimum Gasteiger partial charge on any atom is -0.0990 e. The van der Waals surface area contributed by atoms with Crippen molar-refractivity contribution >= 4 is 17.7 Å². The minimum atomic E-state index is 1.20. The van der Waals surface area contributed by atoms with Crippen molar-refractivity contribution in [1.82, 2.24) is 0 Å². The van der Waals surface area contributed by atoms with Crippen molar-refractivity contribution in [3.63, 3.8) is 0 Å². The van der Waals surface area contributed by atoms with Gasteiger partial charge in [0.25, 0.3) is 0 Å². The van der Waals surface area contributed by atoms with Gasteiger partial charge in [-0.05, 0) is 27.8 Å². The van der Waals surface area contributed by atoms with E-state index in [9.17, 15) is 0 Å². The van der Waals surface area contributed by atoms with Crippen LogP contribution in [0.4, 0.5) is 0 Å². The summed E-state index contributed by atoms with van der Waals surface area (Å²) in [6.45, 7) is 3.78. The summed E-state index contributed by atoms with van der Waals surface area (Å²) >= 11 is 0. The standard InChI is InChI=1S/C16H14.C14H12/c1-2-9-16(14-10-5-3-6-11-14)15-12-7-4-8-13-15;1-3-7-13(8-4-1)11-12-14-9-5-2-6-10-14/h2-13H,1H2;1-12H. The Kier molecular flexibility index (Phi) is 8.21. The summed E-state index contributed by atoms with van der Waals surface area (Å²) < 4.78 is 0. The second-order valence-electron chi connectivity index (χ2n) is 6.70. The summed E-state index contributed by atoms with van der Waals surface area (Å²) in [5, 5.41) is 0. The third kappa shape index (κ3) is 6.61. The first kappa shape index (κ1) is 20.8. The molecule has 0 N–H and O–H groups in total.